The molecule has 0 spiro atoms. The largest absolute Gasteiger partial charge is 0.489 e. The normalized spacial score (nSPS) is 10.9. The van der Waals surface area contributed by atoms with E-state index in [9.17, 15) is 0 Å². The highest BCUT2D eigenvalue weighted by Gasteiger charge is 2.20. The Morgan fingerprint density at radius 2 is 1.57 bits per heavy atom. The summed E-state index contributed by atoms with van der Waals surface area (Å²) in [4.78, 5) is 1.25. The fourth-order valence-corrected chi connectivity index (χ4v) is 3.47. The first kappa shape index (κ1) is 17.5. The molecule has 21 heavy (non-hydrogen) atoms. The third kappa shape index (κ3) is 4.32. The summed E-state index contributed by atoms with van der Waals surface area (Å²) in [5.41, 5.74) is 0. The summed E-state index contributed by atoms with van der Waals surface area (Å²) in [6.07, 6.45) is 0. The van der Waals surface area contributed by atoms with Gasteiger partial charge < -0.3 is 10.1 Å². The van der Waals surface area contributed by atoms with Gasteiger partial charge in [-0.3, -0.25) is 0 Å². The monoisotopic (exact) mass is 403 g/mol. The second-order valence-electron chi connectivity index (χ2n) is 4.00. The van der Waals surface area contributed by atoms with E-state index >= 15 is 0 Å². The molecule has 0 radical (unpaired) electrons. The van der Waals surface area contributed by atoms with Gasteiger partial charge >= 0.3 is 0 Å². The van der Waals surface area contributed by atoms with E-state index in [0.717, 1.165) is 6.54 Å². The van der Waals surface area contributed by atoms with Gasteiger partial charge in [0, 0.05) is 18.0 Å². The molecule has 0 aliphatic rings. The summed E-state index contributed by atoms with van der Waals surface area (Å²) in [5, 5.41) is 5.99. The van der Waals surface area contributed by atoms with Crippen molar-refractivity contribution in [1.29, 1.82) is 0 Å². The van der Waals surface area contributed by atoms with Crippen LogP contribution in [0.15, 0.2) is 17.5 Å². The molecule has 1 N–H and O–H groups in total. The van der Waals surface area contributed by atoms with E-state index in [-0.39, 0.29) is 30.9 Å². The van der Waals surface area contributed by atoms with E-state index in [0.29, 0.717) is 13.2 Å². The van der Waals surface area contributed by atoms with Gasteiger partial charge in [0.1, 0.15) is 16.7 Å². The average molecular weight is 406 g/mol. The summed E-state index contributed by atoms with van der Waals surface area (Å²) in [6.45, 7) is 1.78. The third-order valence-corrected chi connectivity index (χ3v) is 5.69. The summed E-state index contributed by atoms with van der Waals surface area (Å²) in [7, 11) is 0. The van der Waals surface area contributed by atoms with Crippen LogP contribution < -0.4 is 10.1 Å². The van der Waals surface area contributed by atoms with Crippen molar-refractivity contribution in [2.45, 2.75) is 6.54 Å². The zero-order valence-electron chi connectivity index (χ0n) is 10.6. The first-order chi connectivity index (χ1) is 10.0. The van der Waals surface area contributed by atoms with Crippen molar-refractivity contribution in [3.05, 3.63) is 47.5 Å². The highest BCUT2D eigenvalue weighted by molar-refractivity contribution is 7.09. The van der Waals surface area contributed by atoms with Gasteiger partial charge in [-0.05, 0) is 11.4 Å². The van der Waals surface area contributed by atoms with Crippen molar-refractivity contribution >= 4 is 69.3 Å². The molecule has 0 fully saturated rings. The van der Waals surface area contributed by atoms with Crippen molar-refractivity contribution in [2.24, 2.45) is 0 Å². The lowest BCUT2D eigenvalue weighted by Crippen LogP contribution is -2.20. The van der Waals surface area contributed by atoms with Gasteiger partial charge in [-0.15, -0.1) is 11.3 Å². The van der Waals surface area contributed by atoms with Gasteiger partial charge in [-0.25, -0.2) is 0 Å². The Balaban J connectivity index is 1.91. The third-order valence-electron chi connectivity index (χ3n) is 2.57. The predicted molar refractivity (Wildman–Crippen MR) is 93.0 cm³/mol. The van der Waals surface area contributed by atoms with Crippen LogP contribution in [0.5, 0.6) is 5.75 Å². The Labute approximate surface area is 151 Å². The maximum atomic E-state index is 6.07. The predicted octanol–water partition coefficient (Wildman–Crippen LogP) is 6.18. The number of hydrogen-bond acceptors (Lipinski definition) is 3. The zero-order chi connectivity index (χ0) is 15.4. The van der Waals surface area contributed by atoms with Gasteiger partial charge in [0.25, 0.3) is 0 Å². The summed E-state index contributed by atoms with van der Waals surface area (Å²) in [6, 6.07) is 4.07. The molecule has 0 saturated heterocycles. The maximum absolute atomic E-state index is 6.07. The maximum Gasteiger partial charge on any atom is 0.159 e. The highest BCUT2D eigenvalue weighted by Crippen LogP contribution is 2.48. The Hall–Kier alpha value is 0.130. The van der Waals surface area contributed by atoms with Crippen molar-refractivity contribution in [1.82, 2.24) is 5.32 Å². The van der Waals surface area contributed by atoms with Crippen molar-refractivity contribution in [3.8, 4) is 5.75 Å². The van der Waals surface area contributed by atoms with Crippen LogP contribution >= 0.6 is 69.3 Å². The average Bonchev–Trinajstić information content (AvgIpc) is 2.99. The summed E-state index contributed by atoms with van der Waals surface area (Å²) < 4.78 is 5.55. The molecule has 0 saturated carbocycles. The van der Waals surface area contributed by atoms with Crippen LogP contribution in [0.3, 0.4) is 0 Å². The fourth-order valence-electron chi connectivity index (χ4n) is 1.56. The number of ether oxygens (including phenoxy) is 1. The Bertz CT molecular complexity index is 589. The molecular weight excluding hydrogens is 395 g/mol. The molecule has 114 valence electrons. The Kier molecular flexibility index (Phi) is 6.76. The van der Waals surface area contributed by atoms with Crippen LogP contribution in [-0.2, 0) is 6.54 Å². The number of hydrogen-bond donors (Lipinski definition) is 1. The molecule has 0 bridgehead atoms. The van der Waals surface area contributed by atoms with Crippen LogP contribution in [0, 0.1) is 0 Å². The van der Waals surface area contributed by atoms with Crippen LogP contribution in [0.2, 0.25) is 25.1 Å². The van der Waals surface area contributed by atoms with Gasteiger partial charge in [0.05, 0.1) is 15.1 Å². The first-order valence-electron chi connectivity index (χ1n) is 5.89. The number of halogens is 5. The minimum Gasteiger partial charge on any atom is -0.489 e. The molecule has 2 nitrogen and oxygen atoms in total. The van der Waals surface area contributed by atoms with Crippen LogP contribution in [0.4, 0.5) is 0 Å². The topological polar surface area (TPSA) is 21.3 Å². The van der Waals surface area contributed by atoms with Crippen LogP contribution in [0.25, 0.3) is 0 Å². The van der Waals surface area contributed by atoms with Crippen LogP contribution in [0.1, 0.15) is 4.88 Å². The molecule has 0 atom stereocenters. The van der Waals surface area contributed by atoms with E-state index in [4.69, 9.17) is 62.7 Å². The minimum atomic E-state index is 0.122. The molecular formula is C13H10Cl5NOS. The molecule has 2 rings (SSSR count). The molecule has 1 aromatic heterocycles. The fraction of sp³-hybridized carbons (Fsp3) is 0.231. The van der Waals surface area contributed by atoms with Crippen molar-refractivity contribution in [3.63, 3.8) is 0 Å². The van der Waals surface area contributed by atoms with E-state index in [1.54, 1.807) is 11.3 Å². The van der Waals surface area contributed by atoms with Gasteiger partial charge in [-0.1, -0.05) is 64.1 Å². The molecule has 0 amide bonds. The Morgan fingerprint density at radius 1 is 0.952 bits per heavy atom. The van der Waals surface area contributed by atoms with E-state index in [2.05, 4.69) is 11.4 Å². The summed E-state index contributed by atoms with van der Waals surface area (Å²) >= 11 is 31.7. The van der Waals surface area contributed by atoms with Crippen molar-refractivity contribution < 1.29 is 4.74 Å². The smallest absolute Gasteiger partial charge is 0.159 e. The first-order valence-corrected chi connectivity index (χ1v) is 8.66. The van der Waals surface area contributed by atoms with Gasteiger partial charge in [0.15, 0.2) is 5.75 Å². The second-order valence-corrected chi connectivity index (χ2v) is 6.93. The minimum absolute atomic E-state index is 0.122. The van der Waals surface area contributed by atoms with E-state index < -0.39 is 0 Å². The summed E-state index contributed by atoms with van der Waals surface area (Å²) in [5.74, 6) is 0.246. The number of thiophene rings is 1. The quantitative estimate of drug-likeness (QED) is 0.352. The second kappa shape index (κ2) is 8.11. The molecule has 0 aliphatic carbocycles. The lowest BCUT2D eigenvalue weighted by atomic mass is 10.3. The highest BCUT2D eigenvalue weighted by atomic mass is 35.5. The van der Waals surface area contributed by atoms with E-state index in [1.807, 2.05) is 11.4 Å². The van der Waals surface area contributed by atoms with Crippen molar-refractivity contribution in [2.75, 3.05) is 13.2 Å². The van der Waals surface area contributed by atoms with Gasteiger partial charge in [-0.2, -0.15) is 0 Å². The molecule has 0 unspecified atom stereocenters. The zero-order valence-corrected chi connectivity index (χ0v) is 15.2. The lowest BCUT2D eigenvalue weighted by Gasteiger charge is -2.13. The molecule has 1 aromatic carbocycles. The molecule has 8 heteroatoms. The van der Waals surface area contributed by atoms with Crippen LogP contribution in [-0.4, -0.2) is 13.2 Å². The number of nitrogens with one attached hydrogen (secondary N) is 1. The number of rotatable bonds is 6. The Morgan fingerprint density at radius 3 is 2.14 bits per heavy atom. The SMILES string of the molecule is Clc1c(Cl)c(Cl)c(OCCNCc2cccs2)c(Cl)c1Cl. The molecule has 0 aliphatic heterocycles. The van der Waals surface area contributed by atoms with E-state index in [1.165, 1.54) is 4.88 Å². The molecule has 1 heterocycles. The number of benzene rings is 1. The van der Waals surface area contributed by atoms with Gasteiger partial charge in [0.2, 0.25) is 0 Å². The lowest BCUT2D eigenvalue weighted by molar-refractivity contribution is 0.314. The molecule has 2 aromatic rings. The standard InChI is InChI=1S/C13H10Cl5NOS/c14-8-9(15)11(17)13(12(18)10(8)16)20-4-3-19-6-7-2-1-5-21-7/h1-2,5,19H,3-4,6H2.